The van der Waals surface area contributed by atoms with Gasteiger partial charge in [0.15, 0.2) is 0 Å². The standard InChI is InChI=1S/C15H20N2O2/c1-19-15(18)17-10-13-8-16(9-14(13)11-17)7-12-5-3-2-4-6-12/h2-6,13-14H,7-11H2,1H3/t13-,14-/m0/s1. The maximum Gasteiger partial charge on any atom is 0.409 e. The van der Waals surface area contributed by atoms with Crippen LogP contribution in [0.5, 0.6) is 0 Å². The normalized spacial score (nSPS) is 26.5. The van der Waals surface area contributed by atoms with Crippen LogP contribution in [0.1, 0.15) is 5.56 Å². The van der Waals surface area contributed by atoms with Crippen LogP contribution in [0.15, 0.2) is 30.3 Å². The molecule has 2 fully saturated rings. The van der Waals surface area contributed by atoms with Crippen molar-refractivity contribution in [2.75, 3.05) is 33.3 Å². The van der Waals surface area contributed by atoms with E-state index in [1.165, 1.54) is 12.7 Å². The van der Waals surface area contributed by atoms with Crippen LogP contribution in [0, 0.1) is 11.8 Å². The first kappa shape index (κ1) is 12.5. The van der Waals surface area contributed by atoms with Gasteiger partial charge in [-0.1, -0.05) is 30.3 Å². The molecule has 1 aromatic carbocycles. The van der Waals surface area contributed by atoms with Gasteiger partial charge in [-0.05, 0) is 17.4 Å². The summed E-state index contributed by atoms with van der Waals surface area (Å²) in [5.41, 5.74) is 1.37. The van der Waals surface area contributed by atoms with Gasteiger partial charge < -0.3 is 9.64 Å². The van der Waals surface area contributed by atoms with Crippen molar-refractivity contribution < 1.29 is 9.53 Å². The minimum Gasteiger partial charge on any atom is -0.453 e. The largest absolute Gasteiger partial charge is 0.453 e. The smallest absolute Gasteiger partial charge is 0.409 e. The highest BCUT2D eigenvalue weighted by atomic mass is 16.5. The van der Waals surface area contributed by atoms with Gasteiger partial charge in [0.1, 0.15) is 0 Å². The molecule has 0 aromatic heterocycles. The molecule has 0 spiro atoms. The summed E-state index contributed by atoms with van der Waals surface area (Å²) in [6.45, 7) is 4.90. The van der Waals surface area contributed by atoms with E-state index in [-0.39, 0.29) is 6.09 Å². The Labute approximate surface area is 113 Å². The van der Waals surface area contributed by atoms with Crippen LogP contribution in [-0.2, 0) is 11.3 Å². The number of carbonyl (C=O) groups excluding carboxylic acids is 1. The van der Waals surface area contributed by atoms with Crippen LogP contribution in [-0.4, -0.2) is 49.2 Å². The molecule has 2 atom stereocenters. The topological polar surface area (TPSA) is 32.8 Å². The van der Waals surface area contributed by atoms with Crippen LogP contribution in [0.3, 0.4) is 0 Å². The Hall–Kier alpha value is -1.55. The van der Waals surface area contributed by atoms with Crippen LogP contribution in [0.2, 0.25) is 0 Å². The van der Waals surface area contributed by atoms with Crippen molar-refractivity contribution in [1.82, 2.24) is 9.80 Å². The van der Waals surface area contributed by atoms with Gasteiger partial charge >= 0.3 is 6.09 Å². The number of hydrogen-bond donors (Lipinski definition) is 0. The molecule has 1 aromatic rings. The molecule has 102 valence electrons. The Kier molecular flexibility index (Phi) is 3.42. The predicted octanol–water partition coefficient (Wildman–Crippen LogP) is 1.82. The number of benzene rings is 1. The molecule has 0 bridgehead atoms. The average molecular weight is 260 g/mol. The minimum atomic E-state index is -0.177. The molecule has 0 N–H and O–H groups in total. The second-order valence-electron chi connectivity index (χ2n) is 5.57. The zero-order chi connectivity index (χ0) is 13.2. The fourth-order valence-corrected chi connectivity index (χ4v) is 3.34. The first-order valence-corrected chi connectivity index (χ1v) is 6.85. The Morgan fingerprint density at radius 2 is 1.79 bits per heavy atom. The second kappa shape index (κ2) is 5.21. The first-order chi connectivity index (χ1) is 9.26. The Bertz CT molecular complexity index is 435. The number of ether oxygens (including phenoxy) is 1. The molecule has 2 heterocycles. The van der Waals surface area contributed by atoms with E-state index in [4.69, 9.17) is 4.74 Å². The highest BCUT2D eigenvalue weighted by Crippen LogP contribution is 2.32. The fourth-order valence-electron chi connectivity index (χ4n) is 3.34. The van der Waals surface area contributed by atoms with Gasteiger partial charge in [-0.15, -0.1) is 0 Å². The maximum atomic E-state index is 11.5. The lowest BCUT2D eigenvalue weighted by Crippen LogP contribution is -2.32. The van der Waals surface area contributed by atoms with E-state index in [9.17, 15) is 4.79 Å². The number of hydrogen-bond acceptors (Lipinski definition) is 3. The van der Waals surface area contributed by atoms with E-state index in [2.05, 4.69) is 35.2 Å². The molecule has 2 aliphatic rings. The molecule has 2 saturated heterocycles. The lowest BCUT2D eigenvalue weighted by molar-refractivity contribution is 0.127. The lowest BCUT2D eigenvalue weighted by Gasteiger charge is -2.20. The van der Waals surface area contributed by atoms with Gasteiger partial charge in [-0.2, -0.15) is 0 Å². The van der Waals surface area contributed by atoms with Gasteiger partial charge in [-0.25, -0.2) is 4.79 Å². The van der Waals surface area contributed by atoms with E-state index in [0.29, 0.717) is 11.8 Å². The number of likely N-dealkylation sites (tertiary alicyclic amines) is 2. The highest BCUT2D eigenvalue weighted by Gasteiger charge is 2.41. The summed E-state index contributed by atoms with van der Waals surface area (Å²) in [6, 6.07) is 10.6. The van der Waals surface area contributed by atoms with Gasteiger partial charge in [0.2, 0.25) is 0 Å². The number of methoxy groups -OCH3 is 1. The summed E-state index contributed by atoms with van der Waals surface area (Å²) in [4.78, 5) is 15.8. The second-order valence-corrected chi connectivity index (χ2v) is 5.57. The maximum absolute atomic E-state index is 11.5. The van der Waals surface area contributed by atoms with Gasteiger partial charge in [-0.3, -0.25) is 4.90 Å². The lowest BCUT2D eigenvalue weighted by atomic mass is 10.0. The molecule has 2 aliphatic heterocycles. The van der Waals surface area contributed by atoms with E-state index >= 15 is 0 Å². The number of amides is 1. The van der Waals surface area contributed by atoms with Crippen LogP contribution in [0.4, 0.5) is 4.79 Å². The highest BCUT2D eigenvalue weighted by molar-refractivity contribution is 5.67. The summed E-state index contributed by atoms with van der Waals surface area (Å²) >= 11 is 0. The summed E-state index contributed by atoms with van der Waals surface area (Å²) in [5.74, 6) is 1.23. The molecule has 0 radical (unpaired) electrons. The van der Waals surface area contributed by atoms with E-state index < -0.39 is 0 Å². The third-order valence-corrected chi connectivity index (χ3v) is 4.24. The zero-order valence-corrected chi connectivity index (χ0v) is 11.3. The van der Waals surface area contributed by atoms with Crippen molar-refractivity contribution in [2.45, 2.75) is 6.54 Å². The minimum absolute atomic E-state index is 0.177. The number of carbonyl (C=O) groups is 1. The zero-order valence-electron chi connectivity index (χ0n) is 11.3. The number of fused-ring (bicyclic) bond motifs is 1. The quantitative estimate of drug-likeness (QED) is 0.813. The van der Waals surface area contributed by atoms with Gasteiger partial charge in [0.05, 0.1) is 7.11 Å². The molecule has 0 aliphatic carbocycles. The Morgan fingerprint density at radius 1 is 1.16 bits per heavy atom. The summed E-state index contributed by atoms with van der Waals surface area (Å²) in [5, 5.41) is 0. The third-order valence-electron chi connectivity index (χ3n) is 4.24. The first-order valence-electron chi connectivity index (χ1n) is 6.85. The monoisotopic (exact) mass is 260 g/mol. The van der Waals surface area contributed by atoms with Crippen molar-refractivity contribution in [2.24, 2.45) is 11.8 Å². The van der Waals surface area contributed by atoms with Gasteiger partial charge in [0.25, 0.3) is 0 Å². The van der Waals surface area contributed by atoms with Crippen molar-refractivity contribution in [1.29, 1.82) is 0 Å². The molecule has 4 nitrogen and oxygen atoms in total. The Morgan fingerprint density at radius 3 is 2.37 bits per heavy atom. The molecular weight excluding hydrogens is 240 g/mol. The summed E-state index contributed by atoms with van der Waals surface area (Å²) < 4.78 is 4.80. The van der Waals surface area contributed by atoms with Crippen molar-refractivity contribution in [3.05, 3.63) is 35.9 Å². The average Bonchev–Trinajstić information content (AvgIpc) is 2.97. The predicted molar refractivity (Wildman–Crippen MR) is 72.7 cm³/mol. The summed E-state index contributed by atoms with van der Waals surface area (Å²) in [7, 11) is 1.46. The van der Waals surface area contributed by atoms with Crippen molar-refractivity contribution >= 4 is 6.09 Å². The molecule has 0 unspecified atom stereocenters. The third kappa shape index (κ3) is 2.59. The molecule has 0 saturated carbocycles. The van der Waals surface area contributed by atoms with Crippen molar-refractivity contribution in [3.8, 4) is 0 Å². The molecule has 1 amide bonds. The van der Waals surface area contributed by atoms with Crippen LogP contribution >= 0.6 is 0 Å². The van der Waals surface area contributed by atoms with E-state index in [0.717, 1.165) is 32.7 Å². The van der Waals surface area contributed by atoms with E-state index in [1.54, 1.807) is 0 Å². The number of rotatable bonds is 2. The fraction of sp³-hybridized carbons (Fsp3) is 0.533. The number of nitrogens with zero attached hydrogens (tertiary/aromatic N) is 2. The summed E-state index contributed by atoms with van der Waals surface area (Å²) in [6.07, 6.45) is -0.177. The van der Waals surface area contributed by atoms with Crippen LogP contribution in [0.25, 0.3) is 0 Å². The van der Waals surface area contributed by atoms with Crippen LogP contribution < -0.4 is 0 Å². The van der Waals surface area contributed by atoms with Crippen molar-refractivity contribution in [3.63, 3.8) is 0 Å². The molecular formula is C15H20N2O2. The van der Waals surface area contributed by atoms with E-state index in [1.807, 2.05) is 4.90 Å². The SMILES string of the molecule is COC(=O)N1C[C@@H]2CN(Cc3ccccc3)C[C@H]2C1. The molecule has 4 heteroatoms. The molecule has 3 rings (SSSR count). The Balaban J connectivity index is 1.55. The van der Waals surface area contributed by atoms with Gasteiger partial charge in [0, 0.05) is 32.7 Å². The molecule has 19 heavy (non-hydrogen) atoms.